The molecule has 1 N–H and O–H groups in total. The summed E-state index contributed by atoms with van der Waals surface area (Å²) in [6.45, 7) is -2.70. The third-order valence-corrected chi connectivity index (χ3v) is 1.42. The number of nitrogens with zero attached hydrogens (tertiary/aromatic N) is 3. The summed E-state index contributed by atoms with van der Waals surface area (Å²) in [4.78, 5) is 24.5. The van der Waals surface area contributed by atoms with Crippen LogP contribution in [0.4, 0.5) is 5.82 Å². The fourth-order valence-corrected chi connectivity index (χ4v) is 0.872. The van der Waals surface area contributed by atoms with Gasteiger partial charge < -0.3 is 20.0 Å². The summed E-state index contributed by atoms with van der Waals surface area (Å²) in [5.74, 6) is -1.74. The van der Waals surface area contributed by atoms with Crippen molar-refractivity contribution in [1.82, 2.24) is 14.9 Å². The average Bonchev–Trinajstić information content (AvgIpc) is 2.43. The van der Waals surface area contributed by atoms with Crippen molar-refractivity contribution < 1.29 is 13.8 Å². The first kappa shape index (κ1) is 5.68. The molecule has 0 saturated heterocycles. The summed E-state index contributed by atoms with van der Waals surface area (Å²) < 4.78 is 21.5. The van der Waals surface area contributed by atoms with Gasteiger partial charge in [-0.15, -0.1) is 0 Å². The Balaban J connectivity index is 3.08. The van der Waals surface area contributed by atoms with Crippen molar-refractivity contribution in [1.29, 1.82) is 0 Å². The molecule has 0 aliphatic rings. The van der Waals surface area contributed by atoms with E-state index in [4.69, 9.17) is 4.11 Å². The van der Waals surface area contributed by atoms with Gasteiger partial charge in [-0.3, -0.25) is 4.79 Å². The molecule has 0 unspecified atom stereocenters. The Morgan fingerprint density at radius 2 is 2.62 bits per heavy atom. The molecule has 1 heterocycles. The zero-order valence-corrected chi connectivity index (χ0v) is 6.64. The summed E-state index contributed by atoms with van der Waals surface area (Å²) in [5, 5.41) is 12.2. The number of nitro groups is 1. The van der Waals surface area contributed by atoms with Crippen molar-refractivity contribution in [3.63, 3.8) is 0 Å². The minimum Gasteiger partial charge on any atom is -0.358 e. The molecular weight excluding hydrogens is 176 g/mol. The lowest BCUT2D eigenvalue weighted by Crippen LogP contribution is -2.21. The average molecular weight is 187 g/mol. The molecule has 1 amide bonds. The van der Waals surface area contributed by atoms with E-state index >= 15 is 0 Å². The second-order valence-corrected chi connectivity index (χ2v) is 2.24. The molecule has 0 radical (unpaired) electrons. The van der Waals surface area contributed by atoms with Crippen LogP contribution in [0.1, 0.15) is 14.6 Å². The first-order valence-corrected chi connectivity index (χ1v) is 3.20. The Hall–Kier alpha value is -1.92. The van der Waals surface area contributed by atoms with Crippen molar-refractivity contribution in [2.24, 2.45) is 7.05 Å². The molecule has 0 saturated carbocycles. The molecule has 7 nitrogen and oxygen atoms in total. The highest BCUT2D eigenvalue weighted by Crippen LogP contribution is 2.14. The monoisotopic (exact) mass is 187 g/mol. The lowest BCUT2D eigenvalue weighted by atomic mass is 10.4. The van der Waals surface area contributed by atoms with Gasteiger partial charge in [0.05, 0.1) is 0 Å². The zero-order valence-electron chi connectivity index (χ0n) is 9.64. The maximum Gasteiger partial charge on any atom is 0.394 e. The Labute approximate surface area is 77.7 Å². The SMILES string of the molecule is [2H]C([2H])([2H])NC(=O)c1c([N+](=O)[O-])ncn1C. The molecule has 0 bridgehead atoms. The molecule has 0 aromatic carbocycles. The van der Waals surface area contributed by atoms with Gasteiger partial charge in [0.1, 0.15) is 0 Å². The van der Waals surface area contributed by atoms with Crippen molar-refractivity contribution in [2.45, 2.75) is 0 Å². The first-order valence-electron chi connectivity index (χ1n) is 4.70. The first-order chi connectivity index (χ1) is 7.22. The Morgan fingerprint density at radius 3 is 3.15 bits per heavy atom. The fraction of sp³-hybridized carbons (Fsp3) is 0.333. The molecule has 1 rings (SSSR count). The highest BCUT2D eigenvalue weighted by molar-refractivity contribution is 5.95. The van der Waals surface area contributed by atoms with Crippen LogP contribution in [0.5, 0.6) is 0 Å². The highest BCUT2D eigenvalue weighted by atomic mass is 16.6. The van der Waals surface area contributed by atoms with E-state index in [0.717, 1.165) is 10.9 Å². The number of aryl methyl sites for hydroxylation is 1. The molecule has 0 atom stereocenters. The van der Waals surface area contributed by atoms with Gasteiger partial charge in [-0.2, -0.15) is 0 Å². The van der Waals surface area contributed by atoms with Crippen LogP contribution < -0.4 is 5.32 Å². The highest BCUT2D eigenvalue weighted by Gasteiger charge is 2.25. The minimum atomic E-state index is -2.70. The van der Waals surface area contributed by atoms with Gasteiger partial charge in [0.15, 0.2) is 0 Å². The number of hydrogen-bond acceptors (Lipinski definition) is 4. The number of carbonyl (C=O) groups excluding carboxylic acids is 1. The maximum atomic E-state index is 11.4. The molecule has 0 fully saturated rings. The van der Waals surface area contributed by atoms with Crippen LogP contribution >= 0.6 is 0 Å². The summed E-state index contributed by atoms with van der Waals surface area (Å²) in [6, 6.07) is 0. The lowest BCUT2D eigenvalue weighted by molar-refractivity contribution is -0.389. The van der Waals surface area contributed by atoms with Crippen LogP contribution in [-0.2, 0) is 7.05 Å². The Kier molecular flexibility index (Phi) is 1.40. The topological polar surface area (TPSA) is 90.1 Å². The standard InChI is InChI=1S/C6H8N4O3/c1-7-6(11)4-5(10(12)13)8-3-9(4)2/h3H,1-2H3,(H,7,11)/i1D3. The molecule has 0 spiro atoms. The van der Waals surface area contributed by atoms with Gasteiger partial charge in [0, 0.05) is 18.1 Å². The molecule has 70 valence electrons. The second-order valence-electron chi connectivity index (χ2n) is 2.24. The van der Waals surface area contributed by atoms with E-state index in [0.29, 0.717) is 0 Å². The zero-order chi connectivity index (χ0) is 12.5. The quantitative estimate of drug-likeness (QED) is 0.507. The van der Waals surface area contributed by atoms with Crippen molar-refractivity contribution in [3.8, 4) is 0 Å². The lowest BCUT2D eigenvalue weighted by Gasteiger charge is -1.98. The molecule has 1 aromatic heterocycles. The van der Waals surface area contributed by atoms with E-state index in [-0.39, 0.29) is 0 Å². The fourth-order valence-electron chi connectivity index (χ4n) is 0.872. The number of carbonyl (C=O) groups is 1. The number of aromatic nitrogens is 2. The smallest absolute Gasteiger partial charge is 0.358 e. The number of nitrogens with one attached hydrogen (secondary N) is 1. The molecule has 13 heavy (non-hydrogen) atoms. The Bertz CT molecular complexity index is 439. The second kappa shape index (κ2) is 3.21. The van der Waals surface area contributed by atoms with Crippen molar-refractivity contribution >= 4 is 11.7 Å². The molecule has 1 aromatic rings. The van der Waals surface area contributed by atoms with E-state index in [1.165, 1.54) is 7.05 Å². The molecular formula is C6H8N4O3. The maximum absolute atomic E-state index is 11.4. The summed E-state index contributed by atoms with van der Waals surface area (Å²) in [6.07, 6.45) is 1.06. The third kappa shape index (κ3) is 1.48. The number of hydrogen-bond donors (Lipinski definition) is 1. The third-order valence-electron chi connectivity index (χ3n) is 1.42. The van der Waals surface area contributed by atoms with Crippen LogP contribution in [-0.4, -0.2) is 27.4 Å². The summed E-state index contributed by atoms with van der Waals surface area (Å²) in [5.41, 5.74) is -0.402. The normalized spacial score (nSPS) is 14.1. The van der Waals surface area contributed by atoms with Crippen LogP contribution in [0.25, 0.3) is 0 Å². The number of rotatable bonds is 2. The van der Waals surface area contributed by atoms with Gasteiger partial charge in [-0.1, -0.05) is 0 Å². The summed E-state index contributed by atoms with van der Waals surface area (Å²) in [7, 11) is 1.36. The predicted molar refractivity (Wildman–Crippen MR) is 43.3 cm³/mol. The van der Waals surface area contributed by atoms with Gasteiger partial charge in [-0.25, -0.2) is 0 Å². The van der Waals surface area contributed by atoms with Crippen LogP contribution in [0, 0.1) is 10.1 Å². The Morgan fingerprint density at radius 1 is 1.92 bits per heavy atom. The number of amides is 1. The summed E-state index contributed by atoms with van der Waals surface area (Å²) >= 11 is 0. The van der Waals surface area contributed by atoms with E-state index < -0.39 is 29.3 Å². The van der Waals surface area contributed by atoms with Gasteiger partial charge in [-0.05, 0) is 9.91 Å². The van der Waals surface area contributed by atoms with E-state index in [1.807, 2.05) is 0 Å². The van der Waals surface area contributed by atoms with Gasteiger partial charge >= 0.3 is 5.82 Å². The van der Waals surface area contributed by atoms with Crippen LogP contribution in [0.2, 0.25) is 0 Å². The van der Waals surface area contributed by atoms with E-state index in [2.05, 4.69) is 4.98 Å². The predicted octanol–water partition coefficient (Wildman–Crippen LogP) is -0.312. The van der Waals surface area contributed by atoms with E-state index in [1.54, 1.807) is 5.32 Å². The van der Waals surface area contributed by atoms with Gasteiger partial charge in [0.2, 0.25) is 12.0 Å². The van der Waals surface area contributed by atoms with Gasteiger partial charge in [0.25, 0.3) is 5.91 Å². The molecule has 0 aliphatic heterocycles. The van der Waals surface area contributed by atoms with Crippen LogP contribution in [0.15, 0.2) is 6.33 Å². The van der Waals surface area contributed by atoms with Crippen molar-refractivity contribution in [3.05, 3.63) is 22.1 Å². The van der Waals surface area contributed by atoms with E-state index in [9.17, 15) is 14.9 Å². The number of imidazole rings is 1. The van der Waals surface area contributed by atoms with Crippen LogP contribution in [0.3, 0.4) is 0 Å². The molecule has 7 heteroatoms. The minimum absolute atomic E-state index is 0.402. The largest absolute Gasteiger partial charge is 0.394 e. The molecule has 0 aliphatic carbocycles. The van der Waals surface area contributed by atoms with Crippen molar-refractivity contribution in [2.75, 3.05) is 6.98 Å².